The number of carbonyl (C=O) groups excluding carboxylic acids is 1. The van der Waals surface area contributed by atoms with E-state index in [9.17, 15) is 13.2 Å². The molecule has 0 spiro atoms. The van der Waals surface area contributed by atoms with Crippen LogP contribution in [0.25, 0.3) is 0 Å². The highest BCUT2D eigenvalue weighted by Crippen LogP contribution is 2.47. The summed E-state index contributed by atoms with van der Waals surface area (Å²) in [6, 6.07) is 5.77. The molecule has 0 heterocycles. The molecule has 122 valence electrons. The van der Waals surface area contributed by atoms with Crippen LogP contribution in [0.2, 0.25) is 0 Å². The molecule has 5 N–H and O–H groups in total. The van der Waals surface area contributed by atoms with Crippen molar-refractivity contribution in [2.75, 3.05) is 5.32 Å². The summed E-state index contributed by atoms with van der Waals surface area (Å²) in [5, 5.41) is 7.86. The van der Waals surface area contributed by atoms with E-state index < -0.39 is 10.0 Å². The number of nitrogens with two attached hydrogens (primary N) is 2. The molecule has 4 atom stereocenters. The van der Waals surface area contributed by atoms with E-state index in [1.54, 1.807) is 0 Å². The van der Waals surface area contributed by atoms with E-state index in [1.807, 2.05) is 0 Å². The first-order valence-corrected chi connectivity index (χ1v) is 8.60. The van der Waals surface area contributed by atoms with Crippen molar-refractivity contribution in [1.82, 2.24) is 0 Å². The maximum absolute atomic E-state index is 12.4. The minimum absolute atomic E-state index is 0. The third-order valence-electron chi connectivity index (χ3n) is 4.73. The molecule has 3 rings (SSSR count). The van der Waals surface area contributed by atoms with E-state index >= 15 is 0 Å². The molecule has 1 aromatic carbocycles. The van der Waals surface area contributed by atoms with Crippen LogP contribution in [0.3, 0.4) is 0 Å². The second-order valence-corrected chi connectivity index (χ2v) is 7.56. The Labute approximate surface area is 136 Å². The Morgan fingerprint density at radius 1 is 1.14 bits per heavy atom. The van der Waals surface area contributed by atoms with Crippen LogP contribution < -0.4 is 16.2 Å². The Balaban J connectivity index is 0.00000176. The highest BCUT2D eigenvalue weighted by atomic mass is 35.5. The Hall–Kier alpha value is -1.15. The van der Waals surface area contributed by atoms with Gasteiger partial charge in [-0.05, 0) is 55.4 Å². The zero-order chi connectivity index (χ0) is 15.2. The van der Waals surface area contributed by atoms with Crippen LogP contribution in [0.1, 0.15) is 19.3 Å². The highest BCUT2D eigenvalue weighted by molar-refractivity contribution is 7.89. The van der Waals surface area contributed by atoms with E-state index in [0.717, 1.165) is 19.3 Å². The summed E-state index contributed by atoms with van der Waals surface area (Å²) in [6.45, 7) is 0. The van der Waals surface area contributed by atoms with E-state index in [2.05, 4.69) is 5.32 Å². The van der Waals surface area contributed by atoms with E-state index in [-0.39, 0.29) is 35.2 Å². The molecular formula is C14H20ClN3O3S. The topological polar surface area (TPSA) is 115 Å². The maximum Gasteiger partial charge on any atom is 0.238 e. The minimum Gasteiger partial charge on any atom is -0.327 e. The quantitative estimate of drug-likeness (QED) is 0.759. The number of hydrogen-bond donors (Lipinski definition) is 3. The molecule has 1 amide bonds. The molecule has 4 unspecified atom stereocenters. The fourth-order valence-corrected chi connectivity index (χ4v) is 4.19. The van der Waals surface area contributed by atoms with Gasteiger partial charge in [0.05, 0.1) is 10.8 Å². The largest absolute Gasteiger partial charge is 0.327 e. The second-order valence-electron chi connectivity index (χ2n) is 5.99. The summed E-state index contributed by atoms with van der Waals surface area (Å²) >= 11 is 0. The predicted molar refractivity (Wildman–Crippen MR) is 86.0 cm³/mol. The summed E-state index contributed by atoms with van der Waals surface area (Å²) in [5.74, 6) is 0.643. The molecule has 6 nitrogen and oxygen atoms in total. The molecule has 0 aromatic heterocycles. The average Bonchev–Trinajstić information content (AvgIpc) is 2.98. The smallest absolute Gasteiger partial charge is 0.238 e. The number of sulfonamides is 1. The predicted octanol–water partition coefficient (Wildman–Crippen LogP) is 1.07. The van der Waals surface area contributed by atoms with Gasteiger partial charge in [-0.25, -0.2) is 13.6 Å². The Morgan fingerprint density at radius 3 is 2.23 bits per heavy atom. The van der Waals surface area contributed by atoms with Crippen molar-refractivity contribution in [3.05, 3.63) is 24.3 Å². The van der Waals surface area contributed by atoms with Crippen LogP contribution in [0.15, 0.2) is 29.2 Å². The molecule has 2 saturated carbocycles. The van der Waals surface area contributed by atoms with Crippen molar-refractivity contribution in [3.63, 3.8) is 0 Å². The lowest BCUT2D eigenvalue weighted by molar-refractivity contribution is -0.121. The van der Waals surface area contributed by atoms with Gasteiger partial charge in [-0.15, -0.1) is 12.4 Å². The van der Waals surface area contributed by atoms with Crippen LogP contribution in [0.4, 0.5) is 5.69 Å². The van der Waals surface area contributed by atoms with E-state index in [4.69, 9.17) is 10.9 Å². The van der Waals surface area contributed by atoms with Crippen molar-refractivity contribution in [3.8, 4) is 0 Å². The normalized spacial score (nSPS) is 29.9. The van der Waals surface area contributed by atoms with Gasteiger partial charge in [0, 0.05) is 11.7 Å². The fourth-order valence-electron chi connectivity index (χ4n) is 3.68. The first-order valence-electron chi connectivity index (χ1n) is 7.05. The number of nitrogens with one attached hydrogen (secondary N) is 1. The van der Waals surface area contributed by atoms with Crippen molar-refractivity contribution in [2.24, 2.45) is 28.6 Å². The summed E-state index contributed by atoms with van der Waals surface area (Å²) in [5.41, 5.74) is 6.70. The average molecular weight is 346 g/mol. The summed E-state index contributed by atoms with van der Waals surface area (Å²) in [4.78, 5) is 12.4. The third-order valence-corrected chi connectivity index (χ3v) is 5.66. The molecule has 2 bridgehead atoms. The number of primary sulfonamides is 1. The first kappa shape index (κ1) is 17.2. The number of hydrogen-bond acceptors (Lipinski definition) is 4. The van der Waals surface area contributed by atoms with Crippen LogP contribution in [0, 0.1) is 17.8 Å². The van der Waals surface area contributed by atoms with Gasteiger partial charge < -0.3 is 11.1 Å². The van der Waals surface area contributed by atoms with Gasteiger partial charge in [-0.3, -0.25) is 4.79 Å². The van der Waals surface area contributed by atoms with Crippen LogP contribution >= 0.6 is 12.4 Å². The molecule has 1 aromatic rings. The van der Waals surface area contributed by atoms with Crippen molar-refractivity contribution >= 4 is 34.0 Å². The number of rotatable bonds is 3. The number of amides is 1. The number of fused-ring (bicyclic) bond motifs is 2. The molecule has 2 aliphatic carbocycles. The van der Waals surface area contributed by atoms with Crippen LogP contribution in [-0.2, 0) is 14.8 Å². The zero-order valence-corrected chi connectivity index (χ0v) is 13.6. The van der Waals surface area contributed by atoms with Crippen LogP contribution in [-0.4, -0.2) is 20.4 Å². The van der Waals surface area contributed by atoms with Crippen LogP contribution in [0.5, 0.6) is 0 Å². The number of halogens is 1. The molecule has 0 radical (unpaired) electrons. The third kappa shape index (κ3) is 3.12. The molecule has 0 aliphatic heterocycles. The molecule has 2 fully saturated rings. The first-order chi connectivity index (χ1) is 9.86. The SMILES string of the molecule is Cl.NC1C2CCC(C2)C1C(=O)Nc1ccc(S(N)(=O)=O)cc1. The summed E-state index contributed by atoms with van der Waals surface area (Å²) in [6.07, 6.45) is 3.24. The molecule has 22 heavy (non-hydrogen) atoms. The second kappa shape index (κ2) is 6.16. The molecule has 0 saturated heterocycles. The number of anilines is 1. The number of carbonyl (C=O) groups is 1. The lowest BCUT2D eigenvalue weighted by Crippen LogP contribution is -2.42. The fraction of sp³-hybridized carbons (Fsp3) is 0.500. The van der Waals surface area contributed by atoms with Gasteiger partial charge in [0.1, 0.15) is 0 Å². The minimum atomic E-state index is -3.71. The van der Waals surface area contributed by atoms with Crippen molar-refractivity contribution in [1.29, 1.82) is 0 Å². The standard InChI is InChI=1S/C14H19N3O3S.ClH/c15-13-9-2-1-8(7-9)12(13)14(18)17-10-3-5-11(6-4-10)21(16,19)20;/h3-6,8-9,12-13H,1-2,7,15H2,(H,17,18)(H2,16,19,20);1H. The van der Waals surface area contributed by atoms with Gasteiger partial charge in [-0.2, -0.15) is 0 Å². The Morgan fingerprint density at radius 2 is 1.73 bits per heavy atom. The zero-order valence-electron chi connectivity index (χ0n) is 11.9. The van der Waals surface area contributed by atoms with E-state index in [1.165, 1.54) is 24.3 Å². The lowest BCUT2D eigenvalue weighted by Gasteiger charge is -2.27. The van der Waals surface area contributed by atoms with E-state index in [0.29, 0.717) is 17.5 Å². The molecule has 8 heteroatoms. The summed E-state index contributed by atoms with van der Waals surface area (Å²) in [7, 11) is -3.71. The molecular weight excluding hydrogens is 326 g/mol. The monoisotopic (exact) mass is 345 g/mol. The lowest BCUT2D eigenvalue weighted by atomic mass is 9.84. The summed E-state index contributed by atoms with van der Waals surface area (Å²) < 4.78 is 22.4. The highest BCUT2D eigenvalue weighted by Gasteiger charge is 2.49. The van der Waals surface area contributed by atoms with Gasteiger partial charge >= 0.3 is 0 Å². The van der Waals surface area contributed by atoms with Gasteiger partial charge in [0.2, 0.25) is 15.9 Å². The molecule has 2 aliphatic rings. The van der Waals surface area contributed by atoms with Gasteiger partial charge in [0.15, 0.2) is 0 Å². The van der Waals surface area contributed by atoms with Gasteiger partial charge in [0.25, 0.3) is 0 Å². The van der Waals surface area contributed by atoms with Gasteiger partial charge in [-0.1, -0.05) is 0 Å². The Bertz CT molecular complexity index is 660. The van der Waals surface area contributed by atoms with Crippen molar-refractivity contribution < 1.29 is 13.2 Å². The van der Waals surface area contributed by atoms with Crippen molar-refractivity contribution in [2.45, 2.75) is 30.2 Å². The Kier molecular flexibility index (Phi) is 4.81. The number of benzene rings is 1. The maximum atomic E-state index is 12.4.